The number of ether oxygens (including phenoxy) is 1. The van der Waals surface area contributed by atoms with Gasteiger partial charge in [0.15, 0.2) is 6.61 Å². The van der Waals surface area contributed by atoms with Crippen LogP contribution in [0.5, 0.6) is 5.75 Å². The Hall–Kier alpha value is -3.11. The molecule has 0 atom stereocenters. The zero-order chi connectivity index (χ0) is 21.7. The smallest absolute Gasteiger partial charge is 0.294 e. The molecule has 0 saturated carbocycles. The van der Waals surface area contributed by atoms with Crippen molar-refractivity contribution >= 4 is 62.4 Å². The number of para-hydroxylation sites is 1. The van der Waals surface area contributed by atoms with Gasteiger partial charge in [0, 0.05) is 15.7 Å². The second-order valence-corrected chi connectivity index (χ2v) is 8.03. The van der Waals surface area contributed by atoms with Crippen molar-refractivity contribution in [3.8, 4) is 5.75 Å². The monoisotopic (exact) mass is 489 g/mol. The zero-order valence-electron chi connectivity index (χ0n) is 15.5. The van der Waals surface area contributed by atoms with Crippen molar-refractivity contribution in [2.24, 2.45) is 5.73 Å². The fourth-order valence-corrected chi connectivity index (χ4v) is 3.77. The summed E-state index contributed by atoms with van der Waals surface area (Å²) in [7, 11) is 0. The van der Waals surface area contributed by atoms with Gasteiger partial charge in [0.1, 0.15) is 12.3 Å². The lowest BCUT2D eigenvalue weighted by molar-refractivity contribution is -0.127. The van der Waals surface area contributed by atoms with Gasteiger partial charge in [-0.1, -0.05) is 34.1 Å². The van der Waals surface area contributed by atoms with Crippen molar-refractivity contribution in [2.75, 3.05) is 18.5 Å². The summed E-state index contributed by atoms with van der Waals surface area (Å²) in [6.45, 7) is -0.732. The van der Waals surface area contributed by atoms with Crippen LogP contribution in [0.25, 0.3) is 6.08 Å². The Morgan fingerprint density at radius 1 is 1.17 bits per heavy atom. The molecule has 1 fully saturated rings. The van der Waals surface area contributed by atoms with Gasteiger partial charge in [-0.25, -0.2) is 0 Å². The molecule has 4 amide bonds. The Bertz CT molecular complexity index is 1040. The predicted molar refractivity (Wildman–Crippen MR) is 117 cm³/mol. The van der Waals surface area contributed by atoms with E-state index in [0.29, 0.717) is 33.2 Å². The van der Waals surface area contributed by atoms with Crippen molar-refractivity contribution < 1.29 is 23.9 Å². The van der Waals surface area contributed by atoms with Gasteiger partial charge in [0.05, 0.1) is 4.91 Å². The minimum absolute atomic E-state index is 0.123. The molecule has 1 aliphatic rings. The number of carbonyl (C=O) groups excluding carboxylic acids is 4. The molecular formula is C20H16BrN3O5S. The number of rotatable bonds is 7. The summed E-state index contributed by atoms with van der Waals surface area (Å²) in [5.41, 5.74) is 6.22. The first kappa shape index (κ1) is 21.6. The summed E-state index contributed by atoms with van der Waals surface area (Å²) in [6.07, 6.45) is 1.47. The molecule has 3 rings (SSSR count). The number of anilines is 1. The number of carbonyl (C=O) groups is 4. The highest BCUT2D eigenvalue weighted by Gasteiger charge is 2.36. The van der Waals surface area contributed by atoms with Gasteiger partial charge >= 0.3 is 0 Å². The molecular weight excluding hydrogens is 474 g/mol. The molecule has 30 heavy (non-hydrogen) atoms. The highest BCUT2D eigenvalue weighted by atomic mass is 79.9. The molecule has 10 heteroatoms. The second-order valence-electron chi connectivity index (χ2n) is 6.12. The van der Waals surface area contributed by atoms with E-state index in [1.807, 2.05) is 6.07 Å². The number of halogens is 1. The van der Waals surface area contributed by atoms with Crippen LogP contribution in [0.15, 0.2) is 57.9 Å². The van der Waals surface area contributed by atoms with Gasteiger partial charge in [-0.05, 0) is 48.2 Å². The summed E-state index contributed by atoms with van der Waals surface area (Å²) < 4.78 is 6.33. The number of nitrogens with zero attached hydrogens (tertiary/aromatic N) is 1. The Balaban J connectivity index is 1.75. The van der Waals surface area contributed by atoms with Gasteiger partial charge in [0.25, 0.3) is 17.1 Å². The highest BCUT2D eigenvalue weighted by Crippen LogP contribution is 2.34. The van der Waals surface area contributed by atoms with Crippen molar-refractivity contribution in [1.29, 1.82) is 0 Å². The third-order valence-corrected chi connectivity index (χ3v) is 5.26. The molecule has 0 aliphatic carbocycles. The van der Waals surface area contributed by atoms with E-state index in [1.54, 1.807) is 42.5 Å². The number of hydrogen-bond acceptors (Lipinski definition) is 6. The maximum absolute atomic E-state index is 12.4. The lowest BCUT2D eigenvalue weighted by Crippen LogP contribution is -2.36. The zero-order valence-corrected chi connectivity index (χ0v) is 17.9. The van der Waals surface area contributed by atoms with Gasteiger partial charge in [-0.3, -0.25) is 24.1 Å². The Kier molecular flexibility index (Phi) is 6.91. The van der Waals surface area contributed by atoms with Crippen molar-refractivity contribution in [1.82, 2.24) is 4.90 Å². The minimum atomic E-state index is -0.783. The van der Waals surface area contributed by atoms with Crippen LogP contribution < -0.4 is 15.8 Å². The number of benzene rings is 2. The lowest BCUT2D eigenvalue weighted by Gasteiger charge is -2.11. The maximum atomic E-state index is 12.4. The first-order valence-corrected chi connectivity index (χ1v) is 10.3. The molecule has 2 aromatic carbocycles. The summed E-state index contributed by atoms with van der Waals surface area (Å²) >= 11 is 4.05. The molecule has 0 aromatic heterocycles. The molecule has 3 N–H and O–H groups in total. The third kappa shape index (κ3) is 5.49. The van der Waals surface area contributed by atoms with Crippen LogP contribution in [0.2, 0.25) is 0 Å². The maximum Gasteiger partial charge on any atom is 0.294 e. The molecule has 0 unspecified atom stereocenters. The predicted octanol–water partition coefficient (Wildman–Crippen LogP) is 2.99. The summed E-state index contributed by atoms with van der Waals surface area (Å²) in [5, 5.41) is 2.13. The number of imide groups is 1. The van der Waals surface area contributed by atoms with E-state index in [0.717, 1.165) is 4.90 Å². The number of thioether (sulfide) groups is 1. The van der Waals surface area contributed by atoms with Gasteiger partial charge in [-0.15, -0.1) is 0 Å². The Morgan fingerprint density at radius 3 is 2.60 bits per heavy atom. The van der Waals surface area contributed by atoms with E-state index in [1.165, 1.54) is 6.08 Å². The molecule has 1 heterocycles. The number of nitrogens with two attached hydrogens (primary N) is 1. The van der Waals surface area contributed by atoms with Crippen LogP contribution in [0, 0.1) is 0 Å². The quantitative estimate of drug-likeness (QED) is 0.577. The van der Waals surface area contributed by atoms with E-state index in [4.69, 9.17) is 10.5 Å². The lowest BCUT2D eigenvalue weighted by atomic mass is 10.2. The molecule has 8 nitrogen and oxygen atoms in total. The normalized spacial score (nSPS) is 14.8. The average molecular weight is 490 g/mol. The van der Waals surface area contributed by atoms with Crippen LogP contribution in [-0.2, 0) is 14.4 Å². The molecule has 2 aromatic rings. The van der Waals surface area contributed by atoms with Gasteiger partial charge in [0.2, 0.25) is 5.91 Å². The molecule has 1 aliphatic heterocycles. The van der Waals surface area contributed by atoms with E-state index in [2.05, 4.69) is 21.2 Å². The topological polar surface area (TPSA) is 119 Å². The average Bonchev–Trinajstić information content (AvgIpc) is 2.95. The minimum Gasteiger partial charge on any atom is -0.483 e. The molecule has 0 spiro atoms. The number of hydrogen-bond donors (Lipinski definition) is 2. The summed E-state index contributed by atoms with van der Waals surface area (Å²) in [4.78, 5) is 48.5. The fraction of sp³-hybridized carbons (Fsp3) is 0.100. The van der Waals surface area contributed by atoms with Crippen LogP contribution in [0.4, 0.5) is 10.5 Å². The molecule has 154 valence electrons. The second kappa shape index (κ2) is 9.59. The Labute approximate surface area is 184 Å². The van der Waals surface area contributed by atoms with E-state index >= 15 is 0 Å². The van der Waals surface area contributed by atoms with Crippen LogP contribution in [0.3, 0.4) is 0 Å². The number of amides is 4. The van der Waals surface area contributed by atoms with E-state index in [9.17, 15) is 19.2 Å². The van der Waals surface area contributed by atoms with Crippen LogP contribution in [-0.4, -0.2) is 41.0 Å². The third-order valence-electron chi connectivity index (χ3n) is 3.86. The summed E-state index contributed by atoms with van der Waals surface area (Å²) in [5.74, 6) is -1.40. The van der Waals surface area contributed by atoms with Crippen molar-refractivity contribution in [3.05, 3.63) is 63.5 Å². The highest BCUT2D eigenvalue weighted by molar-refractivity contribution is 9.10. The molecule has 1 saturated heterocycles. The first-order chi connectivity index (χ1) is 14.3. The fourth-order valence-electron chi connectivity index (χ4n) is 2.56. The van der Waals surface area contributed by atoms with Crippen LogP contribution >= 0.6 is 27.7 Å². The summed E-state index contributed by atoms with van der Waals surface area (Å²) in [6, 6.07) is 14.0. The van der Waals surface area contributed by atoms with Crippen LogP contribution in [0.1, 0.15) is 5.56 Å². The molecule has 0 bridgehead atoms. The standard InChI is InChI=1S/C20H16BrN3O5S/c21-13-6-7-15(29-11-18(26)23-14-4-2-1-3-5-14)12(8-13)9-16-19(27)24(10-17(22)25)20(28)30-16/h1-9H,10-11H2,(H2,22,25)(H,23,26)/b16-9-. The van der Waals surface area contributed by atoms with E-state index in [-0.39, 0.29) is 17.4 Å². The first-order valence-electron chi connectivity index (χ1n) is 8.64. The number of primary amides is 1. The van der Waals surface area contributed by atoms with Gasteiger partial charge in [-0.2, -0.15) is 0 Å². The van der Waals surface area contributed by atoms with E-state index < -0.39 is 23.6 Å². The Morgan fingerprint density at radius 2 is 1.90 bits per heavy atom. The van der Waals surface area contributed by atoms with Crippen molar-refractivity contribution in [3.63, 3.8) is 0 Å². The SMILES string of the molecule is NC(=O)CN1C(=O)S/C(=C\c2cc(Br)ccc2OCC(=O)Nc2ccccc2)C1=O. The van der Waals surface area contributed by atoms with Gasteiger partial charge < -0.3 is 15.8 Å². The van der Waals surface area contributed by atoms with Crippen molar-refractivity contribution in [2.45, 2.75) is 0 Å². The number of nitrogens with one attached hydrogen (secondary N) is 1. The largest absolute Gasteiger partial charge is 0.483 e. The molecule has 0 radical (unpaired) electrons.